The van der Waals surface area contributed by atoms with Crippen LogP contribution in [-0.4, -0.2) is 37.4 Å². The fraction of sp³-hybridized carbons (Fsp3) is 0.316. The summed E-state index contributed by atoms with van der Waals surface area (Å²) in [4.78, 5) is 11.3. The molecule has 26 heavy (non-hydrogen) atoms. The molecular weight excluding hydrogens is 377 g/mol. The number of carboxylic acids is 1. The minimum atomic E-state index is -1.02. The van der Waals surface area contributed by atoms with E-state index in [4.69, 9.17) is 32.7 Å². The second kappa shape index (κ2) is 8.73. The van der Waals surface area contributed by atoms with Gasteiger partial charge in [0.15, 0.2) is 0 Å². The molecule has 1 fully saturated rings. The SMILES string of the molecule is O=C(O)c1ccccc1OCC1CNCCOC1c1ccc(Cl)c(Cl)c1. The highest BCUT2D eigenvalue weighted by Crippen LogP contribution is 2.32. The third-order valence-electron chi connectivity index (χ3n) is 4.25. The molecule has 0 bridgehead atoms. The number of carbonyl (C=O) groups is 1. The third kappa shape index (κ3) is 4.48. The van der Waals surface area contributed by atoms with Gasteiger partial charge in [0.1, 0.15) is 11.3 Å². The lowest BCUT2D eigenvalue weighted by atomic mass is 9.96. The zero-order valence-electron chi connectivity index (χ0n) is 14.0. The molecule has 2 N–H and O–H groups in total. The van der Waals surface area contributed by atoms with Crippen LogP contribution in [0.3, 0.4) is 0 Å². The quantitative estimate of drug-likeness (QED) is 0.798. The summed E-state index contributed by atoms with van der Waals surface area (Å²) in [7, 11) is 0. The van der Waals surface area contributed by atoms with Crippen LogP contribution in [0.25, 0.3) is 0 Å². The van der Waals surface area contributed by atoms with E-state index in [0.29, 0.717) is 35.6 Å². The highest BCUT2D eigenvalue weighted by atomic mass is 35.5. The third-order valence-corrected chi connectivity index (χ3v) is 4.99. The fourth-order valence-electron chi connectivity index (χ4n) is 2.96. The summed E-state index contributed by atoms with van der Waals surface area (Å²) >= 11 is 12.2. The summed E-state index contributed by atoms with van der Waals surface area (Å²) in [5.74, 6) is -0.689. The van der Waals surface area contributed by atoms with Gasteiger partial charge in [-0.15, -0.1) is 0 Å². The Labute approximate surface area is 161 Å². The summed E-state index contributed by atoms with van der Waals surface area (Å²) in [6.07, 6.45) is -0.225. The van der Waals surface area contributed by atoms with E-state index < -0.39 is 5.97 Å². The Morgan fingerprint density at radius 2 is 2.04 bits per heavy atom. The smallest absolute Gasteiger partial charge is 0.339 e. The van der Waals surface area contributed by atoms with Crippen LogP contribution < -0.4 is 10.1 Å². The van der Waals surface area contributed by atoms with Crippen LogP contribution in [0, 0.1) is 5.92 Å². The first-order valence-electron chi connectivity index (χ1n) is 8.28. The Hall–Kier alpha value is -1.79. The van der Waals surface area contributed by atoms with E-state index in [1.165, 1.54) is 6.07 Å². The molecule has 7 heteroatoms. The zero-order chi connectivity index (χ0) is 18.5. The molecule has 0 aromatic heterocycles. The summed E-state index contributed by atoms with van der Waals surface area (Å²) in [6, 6.07) is 12.0. The Kier molecular flexibility index (Phi) is 6.38. The van der Waals surface area contributed by atoms with Crippen molar-refractivity contribution in [1.82, 2.24) is 5.32 Å². The number of para-hydroxylation sites is 1. The predicted molar refractivity (Wildman–Crippen MR) is 100 cm³/mol. The summed E-state index contributed by atoms with van der Waals surface area (Å²) in [5.41, 5.74) is 1.06. The van der Waals surface area contributed by atoms with E-state index >= 15 is 0 Å². The van der Waals surface area contributed by atoms with E-state index in [0.717, 1.165) is 12.1 Å². The molecule has 1 aliphatic heterocycles. The minimum absolute atomic E-state index is 0.0170. The Morgan fingerprint density at radius 3 is 2.81 bits per heavy atom. The van der Waals surface area contributed by atoms with Crippen molar-refractivity contribution in [3.8, 4) is 5.75 Å². The molecule has 2 atom stereocenters. The standard InChI is InChI=1S/C19H19Cl2NO4/c20-15-6-5-12(9-16(15)21)18-13(10-22-7-8-25-18)11-26-17-4-2-1-3-14(17)19(23)24/h1-6,9,13,18,22H,7-8,10-11H2,(H,23,24). The highest BCUT2D eigenvalue weighted by molar-refractivity contribution is 6.42. The van der Waals surface area contributed by atoms with Gasteiger partial charge in [0.05, 0.1) is 29.4 Å². The van der Waals surface area contributed by atoms with Crippen molar-refractivity contribution in [3.05, 3.63) is 63.6 Å². The van der Waals surface area contributed by atoms with Gasteiger partial charge in [0.2, 0.25) is 0 Å². The van der Waals surface area contributed by atoms with Crippen molar-refractivity contribution >= 4 is 29.2 Å². The first-order chi connectivity index (χ1) is 12.6. The molecule has 2 aromatic rings. The van der Waals surface area contributed by atoms with Crippen LogP contribution in [0.1, 0.15) is 22.0 Å². The van der Waals surface area contributed by atoms with Crippen LogP contribution in [0.5, 0.6) is 5.75 Å². The molecule has 2 unspecified atom stereocenters. The number of benzene rings is 2. The van der Waals surface area contributed by atoms with Crippen LogP contribution in [0.4, 0.5) is 0 Å². The predicted octanol–water partition coefficient (Wildman–Crippen LogP) is 4.05. The number of carboxylic acid groups (broad SMARTS) is 1. The van der Waals surface area contributed by atoms with Gasteiger partial charge < -0.3 is 19.9 Å². The van der Waals surface area contributed by atoms with Gasteiger partial charge in [-0.1, -0.05) is 41.4 Å². The molecule has 1 aliphatic rings. The monoisotopic (exact) mass is 395 g/mol. The lowest BCUT2D eigenvalue weighted by molar-refractivity contribution is 0.0151. The Bertz CT molecular complexity index is 784. The number of nitrogens with one attached hydrogen (secondary N) is 1. The second-order valence-corrected chi connectivity index (χ2v) is 6.86. The number of aromatic carboxylic acids is 1. The number of rotatable bonds is 5. The van der Waals surface area contributed by atoms with E-state index in [1.807, 2.05) is 6.07 Å². The summed E-state index contributed by atoms with van der Waals surface area (Å²) < 4.78 is 11.8. The van der Waals surface area contributed by atoms with Gasteiger partial charge in [-0.25, -0.2) is 4.79 Å². The lowest BCUT2D eigenvalue weighted by Crippen LogP contribution is -2.29. The zero-order valence-corrected chi connectivity index (χ0v) is 15.5. The van der Waals surface area contributed by atoms with Crippen molar-refractivity contribution < 1.29 is 19.4 Å². The number of hydrogen-bond donors (Lipinski definition) is 2. The van der Waals surface area contributed by atoms with Crippen LogP contribution in [0.15, 0.2) is 42.5 Å². The van der Waals surface area contributed by atoms with Crippen molar-refractivity contribution in [2.75, 3.05) is 26.3 Å². The van der Waals surface area contributed by atoms with E-state index in [9.17, 15) is 9.90 Å². The molecule has 0 spiro atoms. The van der Waals surface area contributed by atoms with Crippen molar-refractivity contribution in [1.29, 1.82) is 0 Å². The van der Waals surface area contributed by atoms with Crippen molar-refractivity contribution in [2.24, 2.45) is 5.92 Å². The average molecular weight is 396 g/mol. The topological polar surface area (TPSA) is 67.8 Å². The van der Waals surface area contributed by atoms with Crippen LogP contribution >= 0.6 is 23.2 Å². The van der Waals surface area contributed by atoms with Crippen molar-refractivity contribution in [3.63, 3.8) is 0 Å². The summed E-state index contributed by atoms with van der Waals surface area (Å²) in [6.45, 7) is 2.29. The molecular formula is C19H19Cl2NO4. The largest absolute Gasteiger partial charge is 0.492 e. The molecule has 0 amide bonds. The van der Waals surface area contributed by atoms with Gasteiger partial charge in [-0.3, -0.25) is 0 Å². The van der Waals surface area contributed by atoms with Gasteiger partial charge in [-0.05, 0) is 29.8 Å². The normalized spacial score (nSPS) is 20.4. The maximum Gasteiger partial charge on any atom is 0.339 e. The summed E-state index contributed by atoms with van der Waals surface area (Å²) in [5, 5.41) is 13.6. The fourth-order valence-corrected chi connectivity index (χ4v) is 3.27. The van der Waals surface area contributed by atoms with Gasteiger partial charge in [0, 0.05) is 19.0 Å². The maximum atomic E-state index is 11.3. The lowest BCUT2D eigenvalue weighted by Gasteiger charge is -2.25. The average Bonchev–Trinajstić information content (AvgIpc) is 2.88. The van der Waals surface area contributed by atoms with Gasteiger partial charge in [-0.2, -0.15) is 0 Å². The molecule has 0 saturated carbocycles. The molecule has 5 nitrogen and oxygen atoms in total. The number of halogens is 2. The molecule has 0 aliphatic carbocycles. The Morgan fingerprint density at radius 1 is 1.23 bits per heavy atom. The van der Waals surface area contributed by atoms with Gasteiger partial charge >= 0.3 is 5.97 Å². The number of ether oxygens (including phenoxy) is 2. The number of hydrogen-bond acceptors (Lipinski definition) is 4. The second-order valence-electron chi connectivity index (χ2n) is 6.04. The first kappa shape index (κ1) is 19.0. The van der Waals surface area contributed by atoms with Crippen molar-refractivity contribution in [2.45, 2.75) is 6.10 Å². The molecule has 3 rings (SSSR count). The van der Waals surface area contributed by atoms with E-state index in [-0.39, 0.29) is 17.6 Å². The highest BCUT2D eigenvalue weighted by Gasteiger charge is 2.28. The molecule has 1 heterocycles. The Balaban J connectivity index is 1.79. The first-order valence-corrected chi connectivity index (χ1v) is 9.04. The van der Waals surface area contributed by atoms with Crippen LogP contribution in [0.2, 0.25) is 10.0 Å². The minimum Gasteiger partial charge on any atom is -0.492 e. The van der Waals surface area contributed by atoms with E-state index in [2.05, 4.69) is 5.32 Å². The molecule has 0 radical (unpaired) electrons. The molecule has 2 aromatic carbocycles. The van der Waals surface area contributed by atoms with Crippen LogP contribution in [-0.2, 0) is 4.74 Å². The molecule has 138 valence electrons. The van der Waals surface area contributed by atoms with E-state index in [1.54, 1.807) is 30.3 Å². The maximum absolute atomic E-state index is 11.3. The van der Waals surface area contributed by atoms with Gasteiger partial charge in [0.25, 0.3) is 0 Å². The molecule has 1 saturated heterocycles.